The van der Waals surface area contributed by atoms with Gasteiger partial charge in [0.25, 0.3) is 5.91 Å². The Hall–Kier alpha value is -2.16. The van der Waals surface area contributed by atoms with Gasteiger partial charge in [0.1, 0.15) is 0 Å². The first kappa shape index (κ1) is 21.1. The highest BCUT2D eigenvalue weighted by Gasteiger charge is 2.24. The summed E-state index contributed by atoms with van der Waals surface area (Å²) in [7, 11) is 1.83. The summed E-state index contributed by atoms with van der Waals surface area (Å²) in [5.41, 5.74) is 7.87. The number of nitrogens with two attached hydrogens (primary N) is 1. The normalized spacial score (nSPS) is 23.7. The molecule has 0 radical (unpaired) electrons. The van der Waals surface area contributed by atoms with Gasteiger partial charge in [-0.3, -0.25) is 9.48 Å². The minimum absolute atomic E-state index is 0.0977. The summed E-state index contributed by atoms with van der Waals surface area (Å²) in [4.78, 5) is 15.3. The number of aliphatic hydroxyl groups excluding tert-OH is 1. The molecule has 0 bridgehead atoms. The van der Waals surface area contributed by atoms with Crippen LogP contribution in [-0.4, -0.2) is 70.1 Å². The second-order valence-corrected chi connectivity index (χ2v) is 8.80. The lowest BCUT2D eigenvalue weighted by Crippen LogP contribution is -2.47. The Kier molecular flexibility index (Phi) is 6.55. The number of carbonyl (C=O) groups excluding carboxylic acids is 1. The molecular formula is C22H34N6O2. The molecule has 0 spiro atoms. The number of rotatable bonds is 6. The van der Waals surface area contributed by atoms with Crippen molar-refractivity contribution in [1.82, 2.24) is 25.3 Å². The van der Waals surface area contributed by atoms with Crippen molar-refractivity contribution < 1.29 is 9.90 Å². The number of likely N-dealkylation sites (tertiary alicyclic amines) is 1. The van der Waals surface area contributed by atoms with Crippen molar-refractivity contribution in [2.75, 3.05) is 31.9 Å². The zero-order valence-electron chi connectivity index (χ0n) is 17.8. The lowest BCUT2D eigenvalue weighted by Gasteiger charge is -2.33. The minimum Gasteiger partial charge on any atom is -0.399 e. The zero-order valence-corrected chi connectivity index (χ0v) is 17.8. The van der Waals surface area contributed by atoms with E-state index >= 15 is 0 Å². The van der Waals surface area contributed by atoms with Crippen LogP contribution < -0.4 is 16.4 Å². The zero-order chi connectivity index (χ0) is 21.1. The number of benzene rings is 1. The summed E-state index contributed by atoms with van der Waals surface area (Å²) in [6.45, 7) is 4.01. The van der Waals surface area contributed by atoms with E-state index in [2.05, 4.69) is 20.6 Å². The number of fused-ring (bicyclic) bond motifs is 1. The van der Waals surface area contributed by atoms with Crippen molar-refractivity contribution in [2.24, 2.45) is 7.05 Å². The topological polar surface area (TPSA) is 108 Å². The molecule has 1 amide bonds. The number of carbonyl (C=O) groups is 1. The van der Waals surface area contributed by atoms with Gasteiger partial charge in [-0.25, -0.2) is 0 Å². The summed E-state index contributed by atoms with van der Waals surface area (Å²) in [5, 5.41) is 21.7. The standard InChI is InChI=1S/C22H34N6O2/c1-27-20-14-15(23)2-7-19(20)21(26-27)22(30)25-17-8-11-28(12-9-17)13-10-24-16-3-5-18(29)6-4-16/h2,7,14,16-18,24,29H,3-6,8-13,23H2,1H3,(H,25,30). The van der Waals surface area contributed by atoms with Crippen LogP contribution in [0.15, 0.2) is 18.2 Å². The Balaban J connectivity index is 1.22. The summed E-state index contributed by atoms with van der Waals surface area (Å²) in [6, 6.07) is 6.26. The summed E-state index contributed by atoms with van der Waals surface area (Å²) in [5.74, 6) is -0.107. The van der Waals surface area contributed by atoms with E-state index in [1.54, 1.807) is 4.68 Å². The van der Waals surface area contributed by atoms with Crippen LogP contribution in [0.4, 0.5) is 5.69 Å². The third-order valence-corrected chi connectivity index (χ3v) is 6.57. The number of nitrogen functional groups attached to an aromatic ring is 1. The summed E-state index contributed by atoms with van der Waals surface area (Å²) in [6.07, 6.45) is 5.80. The van der Waals surface area contributed by atoms with Gasteiger partial charge in [0, 0.05) is 56.4 Å². The van der Waals surface area contributed by atoms with Crippen LogP contribution >= 0.6 is 0 Å². The first-order valence-electron chi connectivity index (χ1n) is 11.2. The van der Waals surface area contributed by atoms with Crippen molar-refractivity contribution >= 4 is 22.5 Å². The van der Waals surface area contributed by atoms with Crippen LogP contribution in [0.25, 0.3) is 10.9 Å². The quantitative estimate of drug-likeness (QED) is 0.530. The first-order chi connectivity index (χ1) is 14.5. The first-order valence-corrected chi connectivity index (χ1v) is 11.2. The van der Waals surface area contributed by atoms with Crippen molar-refractivity contribution in [1.29, 1.82) is 0 Å². The lowest BCUT2D eigenvalue weighted by atomic mass is 9.93. The van der Waals surface area contributed by atoms with E-state index < -0.39 is 0 Å². The Morgan fingerprint density at radius 1 is 1.17 bits per heavy atom. The average Bonchev–Trinajstić information content (AvgIpc) is 3.07. The molecule has 30 heavy (non-hydrogen) atoms. The van der Waals surface area contributed by atoms with E-state index in [4.69, 9.17) is 5.73 Å². The third-order valence-electron chi connectivity index (χ3n) is 6.57. The molecule has 1 aliphatic carbocycles. The van der Waals surface area contributed by atoms with Crippen molar-refractivity contribution in [3.05, 3.63) is 23.9 Å². The molecule has 8 heteroatoms. The number of hydrogen-bond acceptors (Lipinski definition) is 6. The molecule has 1 aliphatic heterocycles. The molecule has 2 aliphatic rings. The second-order valence-electron chi connectivity index (χ2n) is 8.80. The Morgan fingerprint density at radius 2 is 1.90 bits per heavy atom. The number of aliphatic hydroxyl groups is 1. The maximum Gasteiger partial charge on any atom is 0.272 e. The van der Waals surface area contributed by atoms with Gasteiger partial charge >= 0.3 is 0 Å². The Morgan fingerprint density at radius 3 is 2.63 bits per heavy atom. The van der Waals surface area contributed by atoms with Gasteiger partial charge in [0.05, 0.1) is 11.6 Å². The van der Waals surface area contributed by atoms with Crippen molar-refractivity contribution in [2.45, 2.75) is 56.7 Å². The largest absolute Gasteiger partial charge is 0.399 e. The van der Waals surface area contributed by atoms with Crippen LogP contribution in [0.1, 0.15) is 49.0 Å². The van der Waals surface area contributed by atoms with E-state index in [1.165, 1.54) is 0 Å². The number of aryl methyl sites for hydroxylation is 1. The fourth-order valence-electron chi connectivity index (χ4n) is 4.70. The van der Waals surface area contributed by atoms with E-state index in [-0.39, 0.29) is 18.1 Å². The lowest BCUT2D eigenvalue weighted by molar-refractivity contribution is 0.0906. The van der Waals surface area contributed by atoms with Crippen molar-refractivity contribution in [3.63, 3.8) is 0 Å². The molecule has 5 N–H and O–H groups in total. The number of nitrogens with one attached hydrogen (secondary N) is 2. The van der Waals surface area contributed by atoms with Gasteiger partial charge in [-0.15, -0.1) is 0 Å². The molecule has 4 rings (SSSR count). The SMILES string of the molecule is Cn1nc(C(=O)NC2CCN(CCNC3CCC(O)CC3)CC2)c2ccc(N)cc21. The molecule has 0 unspecified atom stereocenters. The molecule has 0 atom stereocenters. The monoisotopic (exact) mass is 414 g/mol. The second kappa shape index (κ2) is 9.32. The number of nitrogens with zero attached hydrogens (tertiary/aromatic N) is 3. The maximum atomic E-state index is 12.8. The van der Waals surface area contributed by atoms with Crippen LogP contribution in [0.5, 0.6) is 0 Å². The molecular weight excluding hydrogens is 380 g/mol. The molecule has 1 saturated heterocycles. The van der Waals surface area contributed by atoms with Gasteiger partial charge in [0.15, 0.2) is 5.69 Å². The number of hydrogen-bond donors (Lipinski definition) is 4. The summed E-state index contributed by atoms with van der Waals surface area (Å²) < 4.78 is 1.71. The molecule has 1 saturated carbocycles. The van der Waals surface area contributed by atoms with Gasteiger partial charge < -0.3 is 26.4 Å². The van der Waals surface area contributed by atoms with Crippen LogP contribution in [0, 0.1) is 0 Å². The van der Waals surface area contributed by atoms with Gasteiger partial charge in [-0.05, 0) is 56.7 Å². The van der Waals surface area contributed by atoms with Crippen LogP contribution in [0.3, 0.4) is 0 Å². The summed E-state index contributed by atoms with van der Waals surface area (Å²) >= 11 is 0. The number of piperidine rings is 1. The van der Waals surface area contributed by atoms with E-state index in [0.29, 0.717) is 17.4 Å². The predicted octanol–water partition coefficient (Wildman–Crippen LogP) is 1.24. The van der Waals surface area contributed by atoms with Crippen LogP contribution in [0.2, 0.25) is 0 Å². The number of amides is 1. The minimum atomic E-state index is -0.107. The number of anilines is 1. The maximum absolute atomic E-state index is 12.8. The van der Waals surface area contributed by atoms with Crippen molar-refractivity contribution in [3.8, 4) is 0 Å². The van der Waals surface area contributed by atoms with E-state index in [9.17, 15) is 9.90 Å². The highest BCUT2D eigenvalue weighted by molar-refractivity contribution is 6.05. The Bertz CT molecular complexity index is 866. The average molecular weight is 415 g/mol. The molecule has 8 nitrogen and oxygen atoms in total. The smallest absolute Gasteiger partial charge is 0.272 e. The fraction of sp³-hybridized carbons (Fsp3) is 0.636. The molecule has 2 fully saturated rings. The molecule has 1 aromatic carbocycles. The van der Waals surface area contributed by atoms with E-state index in [0.717, 1.165) is 75.6 Å². The van der Waals surface area contributed by atoms with E-state index in [1.807, 2.05) is 25.2 Å². The van der Waals surface area contributed by atoms with Gasteiger partial charge in [-0.1, -0.05) is 0 Å². The van der Waals surface area contributed by atoms with Gasteiger partial charge in [-0.2, -0.15) is 5.10 Å². The molecule has 2 heterocycles. The number of aromatic nitrogens is 2. The highest BCUT2D eigenvalue weighted by atomic mass is 16.3. The van der Waals surface area contributed by atoms with Crippen LogP contribution in [-0.2, 0) is 7.05 Å². The third kappa shape index (κ3) is 4.94. The predicted molar refractivity (Wildman–Crippen MR) is 118 cm³/mol. The molecule has 1 aromatic heterocycles. The fourth-order valence-corrected chi connectivity index (χ4v) is 4.70. The highest BCUT2D eigenvalue weighted by Crippen LogP contribution is 2.21. The molecule has 164 valence electrons. The van der Waals surface area contributed by atoms with Gasteiger partial charge in [0.2, 0.25) is 0 Å². The molecule has 2 aromatic rings. The Labute approximate surface area is 177 Å².